The lowest BCUT2D eigenvalue weighted by molar-refractivity contribution is -0.926. The van der Waals surface area contributed by atoms with Gasteiger partial charge in [-0.2, -0.15) is 0 Å². The Kier molecular flexibility index (Phi) is 4.22. The second-order valence-corrected chi connectivity index (χ2v) is 4.70. The summed E-state index contributed by atoms with van der Waals surface area (Å²) in [6.07, 6.45) is 5.76. The molecule has 2 aliphatic rings. The average Bonchev–Trinajstić information content (AvgIpc) is 2.48. The van der Waals surface area contributed by atoms with Crippen molar-refractivity contribution in [1.29, 1.82) is 0 Å². The van der Waals surface area contributed by atoms with E-state index in [0.29, 0.717) is 0 Å². The number of quaternary nitrogens is 2. The van der Waals surface area contributed by atoms with Gasteiger partial charge in [0, 0.05) is 6.42 Å². The monoisotopic (exact) mass is 200 g/mol. The lowest BCUT2D eigenvalue weighted by atomic mass is 10.1. The summed E-state index contributed by atoms with van der Waals surface area (Å²) in [5, 5.41) is 2.58. The van der Waals surface area contributed by atoms with E-state index in [-0.39, 0.29) is 0 Å². The SMILES string of the molecule is C1CC[NH2+][C@H](C[NH+]2CCOCC2)CC1. The first-order valence-electron chi connectivity index (χ1n) is 6.20. The predicted molar refractivity (Wildman–Crippen MR) is 55.4 cm³/mol. The third kappa shape index (κ3) is 3.23. The zero-order valence-electron chi connectivity index (χ0n) is 9.13. The van der Waals surface area contributed by atoms with Crippen molar-refractivity contribution in [2.75, 3.05) is 39.4 Å². The molecule has 0 aromatic rings. The van der Waals surface area contributed by atoms with Gasteiger partial charge >= 0.3 is 0 Å². The van der Waals surface area contributed by atoms with Crippen LogP contribution in [0.4, 0.5) is 0 Å². The molecule has 14 heavy (non-hydrogen) atoms. The van der Waals surface area contributed by atoms with E-state index < -0.39 is 0 Å². The van der Waals surface area contributed by atoms with Crippen molar-refractivity contribution in [2.45, 2.75) is 31.7 Å². The van der Waals surface area contributed by atoms with Crippen molar-refractivity contribution in [3.05, 3.63) is 0 Å². The molecular formula is C11H24N2O+2. The van der Waals surface area contributed by atoms with Crippen LogP contribution in [-0.4, -0.2) is 45.4 Å². The predicted octanol–water partition coefficient (Wildman–Crippen LogP) is -1.59. The van der Waals surface area contributed by atoms with Gasteiger partial charge in [0.15, 0.2) is 0 Å². The van der Waals surface area contributed by atoms with Crippen LogP contribution in [-0.2, 0) is 4.74 Å². The first-order valence-corrected chi connectivity index (χ1v) is 6.20. The molecule has 0 aliphatic carbocycles. The Morgan fingerprint density at radius 2 is 2.00 bits per heavy atom. The van der Waals surface area contributed by atoms with Gasteiger partial charge in [-0.1, -0.05) is 0 Å². The zero-order valence-corrected chi connectivity index (χ0v) is 9.13. The third-order valence-electron chi connectivity index (χ3n) is 3.53. The number of morpholine rings is 1. The largest absolute Gasteiger partial charge is 0.370 e. The molecule has 0 spiro atoms. The maximum atomic E-state index is 5.38. The minimum Gasteiger partial charge on any atom is -0.370 e. The van der Waals surface area contributed by atoms with Crippen molar-refractivity contribution in [3.8, 4) is 0 Å². The second kappa shape index (κ2) is 5.69. The van der Waals surface area contributed by atoms with Crippen LogP contribution in [0.2, 0.25) is 0 Å². The van der Waals surface area contributed by atoms with Crippen LogP contribution in [0.5, 0.6) is 0 Å². The standard InChI is InChI=1S/C11H22N2O/c1-2-4-11(12-5-3-1)10-13-6-8-14-9-7-13/h11-12H,1-10H2/p+2/t11-/m0/s1. The summed E-state index contributed by atoms with van der Waals surface area (Å²) in [6, 6.07) is 0.894. The van der Waals surface area contributed by atoms with E-state index >= 15 is 0 Å². The van der Waals surface area contributed by atoms with E-state index in [9.17, 15) is 0 Å². The maximum absolute atomic E-state index is 5.38. The molecular weight excluding hydrogens is 176 g/mol. The van der Waals surface area contributed by atoms with E-state index in [1.807, 2.05) is 0 Å². The van der Waals surface area contributed by atoms with Gasteiger partial charge < -0.3 is 15.0 Å². The highest BCUT2D eigenvalue weighted by Gasteiger charge is 2.22. The van der Waals surface area contributed by atoms with E-state index in [4.69, 9.17) is 4.74 Å². The van der Waals surface area contributed by atoms with Crippen molar-refractivity contribution in [2.24, 2.45) is 0 Å². The fraction of sp³-hybridized carbons (Fsp3) is 1.00. The van der Waals surface area contributed by atoms with E-state index in [0.717, 1.165) is 19.3 Å². The van der Waals surface area contributed by atoms with Gasteiger partial charge in [0.25, 0.3) is 0 Å². The summed E-state index contributed by atoms with van der Waals surface area (Å²) < 4.78 is 5.38. The van der Waals surface area contributed by atoms with Crippen LogP contribution in [0, 0.1) is 0 Å². The highest BCUT2D eigenvalue weighted by Crippen LogP contribution is 2.02. The molecule has 0 saturated carbocycles. The van der Waals surface area contributed by atoms with Crippen LogP contribution in [0.1, 0.15) is 25.7 Å². The lowest BCUT2D eigenvalue weighted by Crippen LogP contribution is -3.17. The van der Waals surface area contributed by atoms with E-state index in [1.165, 1.54) is 51.9 Å². The third-order valence-corrected chi connectivity index (χ3v) is 3.53. The molecule has 82 valence electrons. The summed E-state index contributed by atoms with van der Waals surface area (Å²) >= 11 is 0. The summed E-state index contributed by atoms with van der Waals surface area (Å²) in [6.45, 7) is 7.12. The van der Waals surface area contributed by atoms with Crippen molar-refractivity contribution < 1.29 is 15.0 Å². The molecule has 3 nitrogen and oxygen atoms in total. The fourth-order valence-electron chi connectivity index (χ4n) is 2.62. The molecule has 2 saturated heterocycles. The van der Waals surface area contributed by atoms with Gasteiger partial charge in [-0.3, -0.25) is 0 Å². The quantitative estimate of drug-likeness (QED) is 0.553. The van der Waals surface area contributed by atoms with Crippen molar-refractivity contribution in [1.82, 2.24) is 0 Å². The van der Waals surface area contributed by atoms with Crippen LogP contribution < -0.4 is 10.2 Å². The minimum absolute atomic E-state index is 0.894. The number of ether oxygens (including phenoxy) is 1. The van der Waals surface area contributed by atoms with Gasteiger partial charge in [0.05, 0.1) is 19.8 Å². The van der Waals surface area contributed by atoms with Gasteiger partial charge in [0.2, 0.25) is 0 Å². The van der Waals surface area contributed by atoms with E-state index in [2.05, 4.69) is 5.32 Å². The first kappa shape index (κ1) is 10.4. The number of rotatable bonds is 2. The van der Waals surface area contributed by atoms with Gasteiger partial charge in [-0.25, -0.2) is 0 Å². The van der Waals surface area contributed by atoms with E-state index in [1.54, 1.807) is 4.90 Å². The van der Waals surface area contributed by atoms with Gasteiger partial charge in [0.1, 0.15) is 25.7 Å². The maximum Gasteiger partial charge on any atom is 0.135 e. The molecule has 2 aliphatic heterocycles. The molecule has 3 heteroatoms. The smallest absolute Gasteiger partial charge is 0.135 e. The number of hydrogen-bond acceptors (Lipinski definition) is 1. The summed E-state index contributed by atoms with van der Waals surface area (Å²) in [5.41, 5.74) is 0. The average molecular weight is 200 g/mol. The molecule has 1 atom stereocenters. The molecule has 2 rings (SSSR count). The Morgan fingerprint density at radius 1 is 1.14 bits per heavy atom. The van der Waals surface area contributed by atoms with Gasteiger partial charge in [-0.15, -0.1) is 0 Å². The summed E-state index contributed by atoms with van der Waals surface area (Å²) in [4.78, 5) is 1.76. The fourth-order valence-corrected chi connectivity index (χ4v) is 2.62. The Labute approximate surface area is 86.8 Å². The Bertz CT molecular complexity index is 149. The summed E-state index contributed by atoms with van der Waals surface area (Å²) in [5.74, 6) is 0. The minimum atomic E-state index is 0.894. The Balaban J connectivity index is 1.71. The molecule has 0 aromatic heterocycles. The molecule has 0 radical (unpaired) electrons. The lowest BCUT2D eigenvalue weighted by Gasteiger charge is -2.26. The van der Waals surface area contributed by atoms with Crippen molar-refractivity contribution in [3.63, 3.8) is 0 Å². The highest BCUT2D eigenvalue weighted by atomic mass is 16.5. The van der Waals surface area contributed by atoms with Crippen LogP contribution in [0.25, 0.3) is 0 Å². The number of nitrogens with one attached hydrogen (secondary N) is 1. The zero-order chi connectivity index (χ0) is 9.64. The normalized spacial score (nSPS) is 31.3. The molecule has 2 fully saturated rings. The highest BCUT2D eigenvalue weighted by molar-refractivity contribution is 4.57. The van der Waals surface area contributed by atoms with Gasteiger partial charge in [-0.05, 0) is 19.3 Å². The molecule has 0 unspecified atom stereocenters. The number of hydrogen-bond donors (Lipinski definition) is 2. The molecule has 0 aromatic carbocycles. The Morgan fingerprint density at radius 3 is 2.86 bits per heavy atom. The van der Waals surface area contributed by atoms with Crippen LogP contribution >= 0.6 is 0 Å². The summed E-state index contributed by atoms with van der Waals surface area (Å²) in [7, 11) is 0. The molecule has 0 bridgehead atoms. The Hall–Kier alpha value is -0.120. The molecule has 2 heterocycles. The van der Waals surface area contributed by atoms with Crippen molar-refractivity contribution >= 4 is 0 Å². The van der Waals surface area contributed by atoms with Crippen LogP contribution in [0.15, 0.2) is 0 Å². The molecule has 0 amide bonds. The number of nitrogens with two attached hydrogens (primary N) is 1. The first-order chi connectivity index (χ1) is 6.95. The molecule has 3 N–H and O–H groups in total. The topological polar surface area (TPSA) is 30.3 Å². The second-order valence-electron chi connectivity index (χ2n) is 4.70. The van der Waals surface area contributed by atoms with Crippen LogP contribution in [0.3, 0.4) is 0 Å².